The third-order valence-corrected chi connectivity index (χ3v) is 5.13. The molecule has 0 fully saturated rings. The second kappa shape index (κ2) is 5.91. The topological polar surface area (TPSA) is 18.5 Å². The standard InChI is InChI=1S/C14H14IO2/c1-16-12-9-7-11(8-10-12)15-13-5-3-4-6-14(13)17-2/h3-10H,1-2H3/q+1. The van der Waals surface area contributed by atoms with Gasteiger partial charge in [-0.3, -0.25) is 0 Å². The summed E-state index contributed by atoms with van der Waals surface area (Å²) in [6.07, 6.45) is 0. The van der Waals surface area contributed by atoms with Crippen LogP contribution in [0.2, 0.25) is 0 Å². The second-order valence-electron chi connectivity index (χ2n) is 3.39. The minimum Gasteiger partial charge on any atom is -0.497 e. The molecule has 0 aliphatic heterocycles. The molecule has 0 radical (unpaired) electrons. The van der Waals surface area contributed by atoms with E-state index >= 15 is 0 Å². The van der Waals surface area contributed by atoms with Crippen LogP contribution >= 0.6 is 0 Å². The lowest BCUT2D eigenvalue weighted by Crippen LogP contribution is -3.61. The summed E-state index contributed by atoms with van der Waals surface area (Å²) in [6.45, 7) is 0. The molecule has 0 bridgehead atoms. The third kappa shape index (κ3) is 3.12. The quantitative estimate of drug-likeness (QED) is 0.720. The van der Waals surface area contributed by atoms with E-state index in [2.05, 4.69) is 24.3 Å². The average Bonchev–Trinajstić information content (AvgIpc) is 2.40. The van der Waals surface area contributed by atoms with E-state index in [1.165, 1.54) is 7.14 Å². The molecule has 0 aliphatic rings. The molecular weight excluding hydrogens is 327 g/mol. The van der Waals surface area contributed by atoms with Gasteiger partial charge in [-0.25, -0.2) is 0 Å². The zero-order valence-corrected chi connectivity index (χ0v) is 12.0. The first-order valence-corrected chi connectivity index (χ1v) is 7.41. The maximum absolute atomic E-state index is 5.37. The fraction of sp³-hybridized carbons (Fsp3) is 0.143. The average molecular weight is 341 g/mol. The lowest BCUT2D eigenvalue weighted by molar-refractivity contribution is -0.598. The van der Waals surface area contributed by atoms with E-state index in [1.54, 1.807) is 14.2 Å². The van der Waals surface area contributed by atoms with Crippen LogP contribution in [-0.2, 0) is 0 Å². The first-order chi connectivity index (χ1) is 8.33. The first kappa shape index (κ1) is 12.2. The van der Waals surface area contributed by atoms with Gasteiger partial charge in [-0.15, -0.1) is 0 Å². The van der Waals surface area contributed by atoms with Crippen molar-refractivity contribution in [2.75, 3.05) is 14.2 Å². The highest BCUT2D eigenvalue weighted by molar-refractivity contribution is 5.22. The number of ether oxygens (including phenoxy) is 2. The minimum atomic E-state index is -0.198. The molecule has 0 amide bonds. The molecule has 0 atom stereocenters. The molecule has 0 saturated heterocycles. The largest absolute Gasteiger partial charge is 0.497 e. The molecule has 17 heavy (non-hydrogen) atoms. The Labute approximate surface area is 112 Å². The molecule has 2 aromatic carbocycles. The summed E-state index contributed by atoms with van der Waals surface area (Å²) < 4.78 is 13.2. The number of benzene rings is 2. The van der Waals surface area contributed by atoms with Crippen molar-refractivity contribution in [3.8, 4) is 11.5 Å². The van der Waals surface area contributed by atoms with Gasteiger partial charge in [0.2, 0.25) is 3.57 Å². The predicted molar refractivity (Wildman–Crippen MR) is 63.4 cm³/mol. The van der Waals surface area contributed by atoms with Crippen LogP contribution < -0.4 is 30.7 Å². The predicted octanol–water partition coefficient (Wildman–Crippen LogP) is -0.168. The van der Waals surface area contributed by atoms with E-state index < -0.39 is 0 Å². The first-order valence-electron chi connectivity index (χ1n) is 5.25. The highest BCUT2D eigenvalue weighted by atomic mass is 127. The minimum absolute atomic E-state index is 0.198. The van der Waals surface area contributed by atoms with Crippen molar-refractivity contribution < 1.29 is 30.7 Å². The number of hydrogen-bond donors (Lipinski definition) is 0. The Hall–Kier alpha value is -1.23. The van der Waals surface area contributed by atoms with E-state index in [9.17, 15) is 0 Å². The Morgan fingerprint density at radius 2 is 1.53 bits per heavy atom. The van der Waals surface area contributed by atoms with Gasteiger partial charge in [0.05, 0.1) is 14.2 Å². The lowest BCUT2D eigenvalue weighted by atomic mass is 10.3. The van der Waals surface area contributed by atoms with Crippen LogP contribution in [-0.4, -0.2) is 14.2 Å². The van der Waals surface area contributed by atoms with Crippen molar-refractivity contribution in [2.45, 2.75) is 0 Å². The van der Waals surface area contributed by atoms with Crippen molar-refractivity contribution in [3.05, 3.63) is 55.7 Å². The van der Waals surface area contributed by atoms with Crippen LogP contribution in [0.25, 0.3) is 0 Å². The molecule has 3 heteroatoms. The zero-order chi connectivity index (χ0) is 12.1. The SMILES string of the molecule is COc1ccc([I+]c2ccccc2OC)cc1. The van der Waals surface area contributed by atoms with E-state index in [4.69, 9.17) is 9.47 Å². The van der Waals surface area contributed by atoms with Crippen molar-refractivity contribution in [1.29, 1.82) is 0 Å². The summed E-state index contributed by atoms with van der Waals surface area (Å²) in [4.78, 5) is 0. The van der Waals surface area contributed by atoms with Gasteiger partial charge in [0.1, 0.15) is 5.75 Å². The van der Waals surface area contributed by atoms with Gasteiger partial charge in [0, 0.05) is 0 Å². The summed E-state index contributed by atoms with van der Waals surface area (Å²) in [5, 5.41) is 0. The summed E-state index contributed by atoms with van der Waals surface area (Å²) in [7, 11) is 3.40. The van der Waals surface area contributed by atoms with Crippen LogP contribution in [0.5, 0.6) is 11.5 Å². The number of rotatable bonds is 4. The number of methoxy groups -OCH3 is 2. The summed E-state index contributed by atoms with van der Waals surface area (Å²) in [5.74, 6) is 1.88. The molecule has 0 aliphatic carbocycles. The normalized spacial score (nSPS) is 10.0. The molecule has 0 heterocycles. The fourth-order valence-electron chi connectivity index (χ4n) is 1.44. The molecule has 0 N–H and O–H groups in total. The number of para-hydroxylation sites is 1. The Morgan fingerprint density at radius 3 is 2.18 bits per heavy atom. The van der Waals surface area contributed by atoms with Gasteiger partial charge in [-0.1, -0.05) is 12.1 Å². The summed E-state index contributed by atoms with van der Waals surface area (Å²) in [6, 6.07) is 16.5. The number of halogens is 1. The molecule has 0 unspecified atom stereocenters. The highest BCUT2D eigenvalue weighted by Crippen LogP contribution is 2.08. The Bertz CT molecular complexity index is 480. The van der Waals surface area contributed by atoms with Crippen LogP contribution in [0.4, 0.5) is 0 Å². The smallest absolute Gasteiger partial charge is 0.362 e. The zero-order valence-electron chi connectivity index (χ0n) is 9.81. The van der Waals surface area contributed by atoms with E-state index in [1.807, 2.05) is 24.3 Å². The highest BCUT2D eigenvalue weighted by Gasteiger charge is 2.19. The maximum Gasteiger partial charge on any atom is 0.362 e. The number of hydrogen-bond acceptors (Lipinski definition) is 2. The molecule has 0 saturated carbocycles. The Morgan fingerprint density at radius 1 is 0.824 bits per heavy atom. The maximum atomic E-state index is 5.37. The molecule has 2 rings (SSSR count). The van der Waals surface area contributed by atoms with Crippen molar-refractivity contribution in [2.24, 2.45) is 0 Å². The van der Waals surface area contributed by atoms with Crippen LogP contribution in [0.1, 0.15) is 0 Å². The van der Waals surface area contributed by atoms with Crippen LogP contribution in [0.3, 0.4) is 0 Å². The van der Waals surface area contributed by atoms with Crippen molar-refractivity contribution in [1.82, 2.24) is 0 Å². The van der Waals surface area contributed by atoms with Crippen LogP contribution in [0.15, 0.2) is 48.5 Å². The van der Waals surface area contributed by atoms with Gasteiger partial charge in [0.15, 0.2) is 9.32 Å². The van der Waals surface area contributed by atoms with E-state index in [-0.39, 0.29) is 21.2 Å². The van der Waals surface area contributed by atoms with Gasteiger partial charge in [-0.2, -0.15) is 0 Å². The van der Waals surface area contributed by atoms with Gasteiger partial charge in [-0.05, 0) is 36.4 Å². The molecule has 2 nitrogen and oxygen atoms in total. The van der Waals surface area contributed by atoms with Gasteiger partial charge < -0.3 is 9.47 Å². The molecular formula is C14H14IO2+. The lowest BCUT2D eigenvalue weighted by Gasteiger charge is -1.98. The Kier molecular flexibility index (Phi) is 4.25. The van der Waals surface area contributed by atoms with Crippen molar-refractivity contribution in [3.63, 3.8) is 0 Å². The monoisotopic (exact) mass is 341 g/mol. The van der Waals surface area contributed by atoms with Gasteiger partial charge in [0.25, 0.3) is 0 Å². The molecule has 88 valence electrons. The summed E-state index contributed by atoms with van der Waals surface area (Å²) in [5.41, 5.74) is 0. The van der Waals surface area contributed by atoms with Crippen molar-refractivity contribution >= 4 is 0 Å². The Balaban J connectivity index is 2.19. The molecule has 2 aromatic rings. The second-order valence-corrected chi connectivity index (χ2v) is 6.33. The molecule has 0 aromatic heterocycles. The van der Waals surface area contributed by atoms with E-state index in [0.717, 1.165) is 11.5 Å². The third-order valence-electron chi connectivity index (χ3n) is 2.32. The van der Waals surface area contributed by atoms with E-state index in [0.29, 0.717) is 0 Å². The van der Waals surface area contributed by atoms with Crippen LogP contribution in [0, 0.1) is 7.14 Å². The van der Waals surface area contributed by atoms with Gasteiger partial charge >= 0.3 is 21.2 Å². The molecule has 0 spiro atoms. The summed E-state index contributed by atoms with van der Waals surface area (Å²) >= 11 is -0.198. The fourth-order valence-corrected chi connectivity index (χ4v) is 3.88.